The number of hydrogen-bond acceptors (Lipinski definition) is 4. The molecule has 0 radical (unpaired) electrons. The largest absolute Gasteiger partial charge is 0.469 e. The Kier molecular flexibility index (Phi) is 4.15. The summed E-state index contributed by atoms with van der Waals surface area (Å²) in [5.41, 5.74) is 4.17. The molecule has 14 heavy (non-hydrogen) atoms. The zero-order valence-electron chi connectivity index (χ0n) is 7.71. The van der Waals surface area contributed by atoms with Crippen LogP contribution in [0.25, 0.3) is 0 Å². The van der Waals surface area contributed by atoms with E-state index in [-0.39, 0.29) is 12.4 Å². The highest BCUT2D eigenvalue weighted by atomic mass is 127. The number of halogens is 1. The van der Waals surface area contributed by atoms with Crippen molar-refractivity contribution in [3.05, 3.63) is 27.3 Å². The molecule has 0 aliphatic carbocycles. The van der Waals surface area contributed by atoms with E-state index in [1.807, 2.05) is 18.2 Å². The molecule has 0 amide bonds. The van der Waals surface area contributed by atoms with Crippen LogP contribution < -0.4 is 11.3 Å². The Morgan fingerprint density at radius 2 is 2.36 bits per heavy atom. The molecular weight excluding hydrogens is 295 g/mol. The topological polar surface area (TPSA) is 64.3 Å². The van der Waals surface area contributed by atoms with Gasteiger partial charge in [-0.1, -0.05) is 6.07 Å². The maximum atomic E-state index is 11.1. The predicted molar refractivity (Wildman–Crippen MR) is 62.7 cm³/mol. The van der Waals surface area contributed by atoms with Gasteiger partial charge in [0.1, 0.15) is 0 Å². The molecule has 0 aliphatic rings. The number of benzene rings is 1. The second-order valence-electron chi connectivity index (χ2n) is 2.66. The fraction of sp³-hybridized carbons (Fsp3) is 0.222. The summed E-state index contributed by atoms with van der Waals surface area (Å²) < 4.78 is 5.59. The first-order valence-corrected chi connectivity index (χ1v) is 5.07. The van der Waals surface area contributed by atoms with Crippen molar-refractivity contribution < 1.29 is 9.53 Å². The summed E-state index contributed by atoms with van der Waals surface area (Å²) >= 11 is 2.16. The highest BCUT2D eigenvalue weighted by molar-refractivity contribution is 14.1. The zero-order chi connectivity index (χ0) is 10.6. The Hall–Kier alpha value is -0.820. The van der Waals surface area contributed by atoms with Gasteiger partial charge in [0, 0.05) is 9.13 Å². The van der Waals surface area contributed by atoms with Crippen LogP contribution in [0.2, 0.25) is 0 Å². The number of hydrazine groups is 1. The highest BCUT2D eigenvalue weighted by Gasteiger charge is 2.10. The van der Waals surface area contributed by atoms with Crippen LogP contribution in [0, 0.1) is 3.57 Å². The molecule has 5 heteroatoms. The molecule has 4 nitrogen and oxygen atoms in total. The van der Waals surface area contributed by atoms with E-state index in [1.54, 1.807) is 0 Å². The smallest absolute Gasteiger partial charge is 0.310 e. The first-order valence-electron chi connectivity index (χ1n) is 4.00. The summed E-state index contributed by atoms with van der Waals surface area (Å²) in [7, 11) is 1.37. The second kappa shape index (κ2) is 5.16. The summed E-state index contributed by atoms with van der Waals surface area (Å²) in [5.74, 6) is 5.06. The van der Waals surface area contributed by atoms with Crippen molar-refractivity contribution in [1.29, 1.82) is 0 Å². The van der Waals surface area contributed by atoms with E-state index < -0.39 is 0 Å². The van der Waals surface area contributed by atoms with Gasteiger partial charge in [-0.3, -0.25) is 10.6 Å². The molecule has 0 bridgehead atoms. The fourth-order valence-electron chi connectivity index (χ4n) is 1.09. The molecule has 0 saturated heterocycles. The lowest BCUT2D eigenvalue weighted by Gasteiger charge is -2.09. The van der Waals surface area contributed by atoms with E-state index in [0.29, 0.717) is 0 Å². The van der Waals surface area contributed by atoms with Crippen molar-refractivity contribution in [2.75, 3.05) is 12.5 Å². The first-order chi connectivity index (χ1) is 6.69. The van der Waals surface area contributed by atoms with Crippen molar-refractivity contribution in [1.82, 2.24) is 0 Å². The summed E-state index contributed by atoms with van der Waals surface area (Å²) in [4.78, 5) is 11.1. The lowest BCUT2D eigenvalue weighted by Crippen LogP contribution is -2.13. The number of hydrogen-bond donors (Lipinski definition) is 2. The van der Waals surface area contributed by atoms with Crippen molar-refractivity contribution >= 4 is 34.2 Å². The molecule has 0 aliphatic heterocycles. The van der Waals surface area contributed by atoms with Gasteiger partial charge in [0.15, 0.2) is 0 Å². The van der Waals surface area contributed by atoms with Gasteiger partial charge in [0.2, 0.25) is 0 Å². The predicted octanol–water partition coefficient (Wildman–Crippen LogP) is 1.29. The minimum Gasteiger partial charge on any atom is -0.469 e. The minimum atomic E-state index is -0.273. The molecule has 76 valence electrons. The third-order valence-electron chi connectivity index (χ3n) is 1.82. The van der Waals surface area contributed by atoms with Crippen LogP contribution in [0.4, 0.5) is 5.69 Å². The summed E-state index contributed by atoms with van der Waals surface area (Å²) in [6, 6.07) is 5.61. The Morgan fingerprint density at radius 3 is 2.93 bits per heavy atom. The summed E-state index contributed by atoms with van der Waals surface area (Å²) in [5, 5.41) is 0. The van der Waals surface area contributed by atoms with E-state index in [2.05, 4.69) is 32.8 Å². The van der Waals surface area contributed by atoms with Crippen LogP contribution in [0.3, 0.4) is 0 Å². The van der Waals surface area contributed by atoms with E-state index in [1.165, 1.54) is 7.11 Å². The number of methoxy groups -OCH3 is 1. The molecular formula is C9H11IN2O2. The number of nitrogen functional groups attached to an aromatic ring is 1. The lowest BCUT2D eigenvalue weighted by atomic mass is 10.1. The third-order valence-corrected chi connectivity index (χ3v) is 2.83. The Morgan fingerprint density at radius 1 is 1.64 bits per heavy atom. The molecule has 0 heterocycles. The molecule has 0 spiro atoms. The molecule has 0 fully saturated rings. The average molecular weight is 306 g/mol. The van der Waals surface area contributed by atoms with Crippen LogP contribution in [-0.4, -0.2) is 13.1 Å². The van der Waals surface area contributed by atoms with Gasteiger partial charge in [0.05, 0.1) is 19.2 Å². The van der Waals surface area contributed by atoms with Crippen LogP contribution >= 0.6 is 22.6 Å². The number of carbonyl (C=O) groups is 1. The Labute approximate surface area is 95.9 Å². The van der Waals surface area contributed by atoms with Crippen LogP contribution in [0.15, 0.2) is 18.2 Å². The molecule has 1 aromatic carbocycles. The molecule has 0 atom stereocenters. The van der Waals surface area contributed by atoms with Crippen LogP contribution in [0.1, 0.15) is 5.56 Å². The number of nitrogens with two attached hydrogens (primary N) is 1. The van der Waals surface area contributed by atoms with Gasteiger partial charge >= 0.3 is 5.97 Å². The zero-order valence-corrected chi connectivity index (χ0v) is 9.87. The number of rotatable bonds is 3. The number of carbonyl (C=O) groups excluding carboxylic acids is 1. The van der Waals surface area contributed by atoms with Crippen molar-refractivity contribution in [3.8, 4) is 0 Å². The van der Waals surface area contributed by atoms with E-state index in [4.69, 9.17) is 5.84 Å². The number of anilines is 1. The molecule has 3 N–H and O–H groups in total. The normalized spacial score (nSPS) is 9.64. The average Bonchev–Trinajstić information content (AvgIpc) is 2.20. The van der Waals surface area contributed by atoms with Gasteiger partial charge in [0.25, 0.3) is 0 Å². The van der Waals surface area contributed by atoms with Crippen molar-refractivity contribution in [3.63, 3.8) is 0 Å². The molecule has 0 saturated carbocycles. The van der Waals surface area contributed by atoms with E-state index >= 15 is 0 Å². The monoisotopic (exact) mass is 306 g/mol. The number of esters is 1. The Bertz CT molecular complexity index is 342. The quantitative estimate of drug-likeness (QED) is 0.382. The number of ether oxygens (including phenoxy) is 1. The van der Waals surface area contributed by atoms with Crippen molar-refractivity contribution in [2.45, 2.75) is 6.42 Å². The van der Waals surface area contributed by atoms with Gasteiger partial charge in [-0.05, 0) is 34.7 Å². The van der Waals surface area contributed by atoms with Gasteiger partial charge in [-0.25, -0.2) is 0 Å². The lowest BCUT2D eigenvalue weighted by molar-refractivity contribution is -0.139. The second-order valence-corrected chi connectivity index (χ2v) is 3.83. The maximum absolute atomic E-state index is 11.1. The highest BCUT2D eigenvalue weighted by Crippen LogP contribution is 2.21. The van der Waals surface area contributed by atoms with Crippen molar-refractivity contribution in [2.24, 2.45) is 5.84 Å². The minimum absolute atomic E-state index is 0.231. The van der Waals surface area contributed by atoms with Crippen LogP contribution in [-0.2, 0) is 16.0 Å². The summed E-state index contributed by atoms with van der Waals surface area (Å²) in [6.07, 6.45) is 0.231. The molecule has 1 aromatic rings. The van der Waals surface area contributed by atoms with Gasteiger partial charge in [-0.15, -0.1) is 0 Å². The van der Waals surface area contributed by atoms with E-state index in [9.17, 15) is 4.79 Å². The Balaban J connectivity index is 2.98. The van der Waals surface area contributed by atoms with Gasteiger partial charge < -0.3 is 10.2 Å². The standard InChI is InChI=1S/C9H11IN2O2/c1-14-9(13)5-6-7(10)3-2-4-8(6)12-11/h2-4,12H,5,11H2,1H3. The van der Waals surface area contributed by atoms with Gasteiger partial charge in [-0.2, -0.15) is 0 Å². The van der Waals surface area contributed by atoms with Crippen LogP contribution in [0.5, 0.6) is 0 Å². The first kappa shape index (κ1) is 11.3. The third kappa shape index (κ3) is 2.58. The summed E-state index contributed by atoms with van der Waals surface area (Å²) in [6.45, 7) is 0. The molecule has 0 unspecified atom stereocenters. The number of nitrogens with one attached hydrogen (secondary N) is 1. The molecule has 1 rings (SSSR count). The van der Waals surface area contributed by atoms with E-state index in [0.717, 1.165) is 14.8 Å². The maximum Gasteiger partial charge on any atom is 0.310 e. The SMILES string of the molecule is COC(=O)Cc1c(I)cccc1NN. The molecule has 0 aromatic heterocycles. The fourth-order valence-corrected chi connectivity index (χ4v) is 1.78.